The van der Waals surface area contributed by atoms with E-state index in [0.29, 0.717) is 19.1 Å². The Morgan fingerprint density at radius 3 is 2.29 bits per heavy atom. The van der Waals surface area contributed by atoms with Gasteiger partial charge in [0.2, 0.25) is 11.8 Å². The number of carbonyl (C=O) groups excluding carboxylic acids is 2. The molecule has 2 amide bonds. The highest BCUT2D eigenvalue weighted by Gasteiger charge is 2.29. The molecule has 0 spiro atoms. The Balaban J connectivity index is 1.95. The number of carbonyl (C=O) groups is 2. The lowest BCUT2D eigenvalue weighted by molar-refractivity contribution is -0.138. The van der Waals surface area contributed by atoms with Crippen molar-refractivity contribution in [2.24, 2.45) is 0 Å². The standard InChI is InChI=1S/C9H14N2O3/c12-8-5-11(6-9(13)10-8)7-1-3-14-4-2-7/h7H,1-6H2,(H,10,12,13). The fourth-order valence-electron chi connectivity index (χ4n) is 1.97. The van der Waals surface area contributed by atoms with E-state index in [1.54, 1.807) is 0 Å². The van der Waals surface area contributed by atoms with Crippen LogP contribution in [0.15, 0.2) is 0 Å². The number of nitrogens with zero attached hydrogens (tertiary/aromatic N) is 1. The van der Waals surface area contributed by atoms with E-state index in [-0.39, 0.29) is 11.8 Å². The Morgan fingerprint density at radius 2 is 1.71 bits per heavy atom. The maximum atomic E-state index is 11.1. The normalized spacial score (nSPS) is 26.3. The summed E-state index contributed by atoms with van der Waals surface area (Å²) in [5.74, 6) is -0.375. The number of imide groups is 1. The lowest BCUT2D eigenvalue weighted by Gasteiger charge is -2.35. The number of amides is 2. The van der Waals surface area contributed by atoms with Crippen LogP contribution in [-0.2, 0) is 14.3 Å². The summed E-state index contributed by atoms with van der Waals surface area (Å²) in [4.78, 5) is 24.2. The molecule has 0 atom stereocenters. The molecule has 0 radical (unpaired) electrons. The number of rotatable bonds is 1. The number of nitrogens with one attached hydrogen (secondary N) is 1. The van der Waals surface area contributed by atoms with Crippen molar-refractivity contribution in [1.29, 1.82) is 0 Å². The van der Waals surface area contributed by atoms with Crippen LogP contribution in [0.1, 0.15) is 12.8 Å². The van der Waals surface area contributed by atoms with E-state index in [0.717, 1.165) is 26.1 Å². The van der Waals surface area contributed by atoms with Crippen molar-refractivity contribution >= 4 is 11.8 Å². The smallest absolute Gasteiger partial charge is 0.240 e. The van der Waals surface area contributed by atoms with E-state index in [1.165, 1.54) is 0 Å². The van der Waals surface area contributed by atoms with Crippen molar-refractivity contribution in [2.75, 3.05) is 26.3 Å². The minimum atomic E-state index is -0.187. The van der Waals surface area contributed by atoms with Crippen LogP contribution in [-0.4, -0.2) is 49.1 Å². The Morgan fingerprint density at radius 1 is 1.14 bits per heavy atom. The number of ether oxygens (including phenoxy) is 1. The first-order valence-electron chi connectivity index (χ1n) is 4.90. The lowest BCUT2D eigenvalue weighted by Crippen LogP contribution is -2.55. The number of hydrogen-bond donors (Lipinski definition) is 1. The van der Waals surface area contributed by atoms with E-state index in [9.17, 15) is 9.59 Å². The summed E-state index contributed by atoms with van der Waals surface area (Å²) in [5.41, 5.74) is 0. The molecule has 2 fully saturated rings. The highest BCUT2D eigenvalue weighted by Crippen LogP contribution is 2.14. The van der Waals surface area contributed by atoms with Crippen LogP contribution in [0, 0.1) is 0 Å². The lowest BCUT2D eigenvalue weighted by atomic mass is 10.1. The summed E-state index contributed by atoms with van der Waals surface area (Å²) in [7, 11) is 0. The van der Waals surface area contributed by atoms with Gasteiger partial charge in [-0.3, -0.25) is 19.8 Å². The van der Waals surface area contributed by atoms with Gasteiger partial charge in [0.1, 0.15) is 0 Å². The van der Waals surface area contributed by atoms with Crippen LogP contribution in [0.5, 0.6) is 0 Å². The molecule has 2 aliphatic rings. The Labute approximate surface area is 82.4 Å². The van der Waals surface area contributed by atoms with Gasteiger partial charge in [-0.15, -0.1) is 0 Å². The molecule has 2 aliphatic heterocycles. The van der Waals surface area contributed by atoms with E-state index in [1.807, 2.05) is 4.90 Å². The zero-order valence-electron chi connectivity index (χ0n) is 7.99. The van der Waals surface area contributed by atoms with Crippen LogP contribution in [0.3, 0.4) is 0 Å². The minimum Gasteiger partial charge on any atom is -0.381 e. The van der Waals surface area contributed by atoms with Crippen LogP contribution < -0.4 is 5.32 Å². The van der Waals surface area contributed by atoms with Gasteiger partial charge in [0.25, 0.3) is 0 Å². The summed E-state index contributed by atoms with van der Waals surface area (Å²) < 4.78 is 5.23. The van der Waals surface area contributed by atoms with Crippen molar-refractivity contribution in [3.63, 3.8) is 0 Å². The summed E-state index contributed by atoms with van der Waals surface area (Å²) >= 11 is 0. The maximum Gasteiger partial charge on any atom is 0.240 e. The zero-order chi connectivity index (χ0) is 9.97. The molecule has 78 valence electrons. The van der Waals surface area contributed by atoms with Gasteiger partial charge in [-0.1, -0.05) is 0 Å². The molecule has 0 aromatic rings. The quantitative estimate of drug-likeness (QED) is 0.556. The van der Waals surface area contributed by atoms with E-state index < -0.39 is 0 Å². The molecule has 0 aliphatic carbocycles. The summed E-state index contributed by atoms with van der Waals surface area (Å²) in [6.45, 7) is 2.15. The molecule has 0 unspecified atom stereocenters. The van der Waals surface area contributed by atoms with Gasteiger partial charge in [-0.2, -0.15) is 0 Å². The Kier molecular flexibility index (Phi) is 2.79. The molecule has 0 saturated carbocycles. The molecule has 2 heterocycles. The third kappa shape index (κ3) is 2.10. The maximum absolute atomic E-state index is 11.1. The van der Waals surface area contributed by atoms with Crippen LogP contribution >= 0.6 is 0 Å². The molecule has 0 bridgehead atoms. The molecule has 5 heteroatoms. The third-order valence-electron chi connectivity index (χ3n) is 2.68. The highest BCUT2D eigenvalue weighted by molar-refractivity contribution is 5.99. The van der Waals surface area contributed by atoms with Gasteiger partial charge in [0, 0.05) is 19.3 Å². The van der Waals surface area contributed by atoms with Gasteiger partial charge >= 0.3 is 0 Å². The second-order valence-corrected chi connectivity index (χ2v) is 3.72. The summed E-state index contributed by atoms with van der Waals surface area (Å²) in [5, 5.41) is 2.30. The van der Waals surface area contributed by atoms with Gasteiger partial charge in [0.05, 0.1) is 13.1 Å². The Bertz CT molecular complexity index is 232. The largest absolute Gasteiger partial charge is 0.381 e. The summed E-state index contributed by atoms with van der Waals surface area (Å²) in [6.07, 6.45) is 1.83. The highest BCUT2D eigenvalue weighted by atomic mass is 16.5. The fraction of sp³-hybridized carbons (Fsp3) is 0.778. The monoisotopic (exact) mass is 198 g/mol. The van der Waals surface area contributed by atoms with Crippen LogP contribution in [0.25, 0.3) is 0 Å². The van der Waals surface area contributed by atoms with E-state index in [4.69, 9.17) is 4.74 Å². The first-order chi connectivity index (χ1) is 6.75. The first-order valence-corrected chi connectivity index (χ1v) is 4.90. The predicted octanol–water partition coefficient (Wildman–Crippen LogP) is -0.876. The fourth-order valence-corrected chi connectivity index (χ4v) is 1.97. The molecule has 2 rings (SSSR count). The molecule has 1 N–H and O–H groups in total. The number of piperazine rings is 1. The van der Waals surface area contributed by atoms with Crippen LogP contribution in [0.2, 0.25) is 0 Å². The Hall–Kier alpha value is -0.940. The van der Waals surface area contributed by atoms with Crippen molar-refractivity contribution in [1.82, 2.24) is 10.2 Å². The second kappa shape index (κ2) is 4.06. The van der Waals surface area contributed by atoms with Crippen LogP contribution in [0.4, 0.5) is 0 Å². The van der Waals surface area contributed by atoms with Gasteiger partial charge < -0.3 is 4.74 Å². The van der Waals surface area contributed by atoms with Gasteiger partial charge in [-0.05, 0) is 12.8 Å². The SMILES string of the molecule is O=C1CN(C2CCOCC2)CC(=O)N1. The molecule has 2 saturated heterocycles. The van der Waals surface area contributed by atoms with E-state index in [2.05, 4.69) is 5.32 Å². The van der Waals surface area contributed by atoms with Crippen molar-refractivity contribution in [2.45, 2.75) is 18.9 Å². The molecule has 0 aromatic heterocycles. The van der Waals surface area contributed by atoms with Crippen molar-refractivity contribution in [3.05, 3.63) is 0 Å². The van der Waals surface area contributed by atoms with Gasteiger partial charge in [0.15, 0.2) is 0 Å². The predicted molar refractivity (Wildman–Crippen MR) is 48.6 cm³/mol. The summed E-state index contributed by atoms with van der Waals surface area (Å²) in [6, 6.07) is 0.332. The van der Waals surface area contributed by atoms with Gasteiger partial charge in [-0.25, -0.2) is 0 Å². The molecule has 14 heavy (non-hydrogen) atoms. The molecule has 0 aromatic carbocycles. The van der Waals surface area contributed by atoms with Crippen molar-refractivity contribution in [3.8, 4) is 0 Å². The van der Waals surface area contributed by atoms with E-state index >= 15 is 0 Å². The molecule has 5 nitrogen and oxygen atoms in total. The first kappa shape index (κ1) is 9.61. The third-order valence-corrected chi connectivity index (χ3v) is 2.68. The minimum absolute atomic E-state index is 0.187. The topological polar surface area (TPSA) is 58.6 Å². The molecular formula is C9H14N2O3. The molecular weight excluding hydrogens is 184 g/mol. The van der Waals surface area contributed by atoms with Crippen molar-refractivity contribution < 1.29 is 14.3 Å². The number of hydrogen-bond acceptors (Lipinski definition) is 4. The second-order valence-electron chi connectivity index (χ2n) is 3.72. The average molecular weight is 198 g/mol. The average Bonchev–Trinajstić information content (AvgIpc) is 2.18. The zero-order valence-corrected chi connectivity index (χ0v) is 7.99.